The van der Waals surface area contributed by atoms with Gasteiger partial charge < -0.3 is 14.7 Å². The van der Waals surface area contributed by atoms with Crippen LogP contribution >= 0.6 is 0 Å². The molecular formula is C20H27N3O2. The quantitative estimate of drug-likeness (QED) is 0.841. The Morgan fingerprint density at radius 2 is 1.88 bits per heavy atom. The molecule has 1 saturated heterocycles. The Morgan fingerprint density at radius 1 is 1.20 bits per heavy atom. The number of para-hydroxylation sites is 1. The molecule has 0 aromatic heterocycles. The number of hydrogen-bond donors (Lipinski definition) is 0. The Bertz CT molecular complexity index is 709. The number of benzene rings is 1. The fourth-order valence-corrected chi connectivity index (χ4v) is 4.44. The minimum absolute atomic E-state index is 0.134. The lowest BCUT2D eigenvalue weighted by Crippen LogP contribution is -2.48. The largest absolute Gasteiger partial charge is 0.340 e. The second kappa shape index (κ2) is 5.84. The van der Waals surface area contributed by atoms with E-state index in [1.807, 2.05) is 34.1 Å². The fourth-order valence-electron chi connectivity index (χ4n) is 4.44. The molecule has 25 heavy (non-hydrogen) atoms. The van der Waals surface area contributed by atoms with Gasteiger partial charge in [-0.15, -0.1) is 0 Å². The van der Waals surface area contributed by atoms with Crippen molar-refractivity contribution in [3.8, 4) is 0 Å². The van der Waals surface area contributed by atoms with Crippen LogP contribution in [0.5, 0.6) is 0 Å². The number of nitrogens with zero attached hydrogens (tertiary/aromatic N) is 3. The molecule has 5 heteroatoms. The van der Waals surface area contributed by atoms with E-state index in [2.05, 4.69) is 25.8 Å². The van der Waals surface area contributed by atoms with Gasteiger partial charge in [0.1, 0.15) is 0 Å². The number of piperazine rings is 1. The number of hydrogen-bond acceptors (Lipinski definition) is 3. The van der Waals surface area contributed by atoms with Crippen LogP contribution in [0, 0.1) is 11.8 Å². The lowest BCUT2D eigenvalue weighted by Gasteiger charge is -2.33. The van der Waals surface area contributed by atoms with Crippen molar-refractivity contribution < 1.29 is 9.59 Å². The Hall–Kier alpha value is -1.88. The van der Waals surface area contributed by atoms with Gasteiger partial charge in [-0.3, -0.25) is 9.59 Å². The van der Waals surface area contributed by atoms with Crippen molar-refractivity contribution in [3.63, 3.8) is 0 Å². The molecular weight excluding hydrogens is 314 g/mol. The van der Waals surface area contributed by atoms with Crippen LogP contribution in [0.2, 0.25) is 0 Å². The van der Waals surface area contributed by atoms with E-state index >= 15 is 0 Å². The molecule has 2 fully saturated rings. The molecule has 0 radical (unpaired) electrons. The molecule has 4 rings (SSSR count). The first-order valence-corrected chi connectivity index (χ1v) is 9.34. The number of likely N-dealkylation sites (N-methyl/N-ethyl adjacent to an activating group) is 1. The third-order valence-corrected chi connectivity index (χ3v) is 5.92. The van der Waals surface area contributed by atoms with Crippen LogP contribution in [0.25, 0.3) is 0 Å². The van der Waals surface area contributed by atoms with Gasteiger partial charge in [0.05, 0.1) is 11.3 Å². The van der Waals surface area contributed by atoms with E-state index in [1.165, 1.54) is 0 Å². The van der Waals surface area contributed by atoms with Crippen LogP contribution in [0.1, 0.15) is 25.8 Å². The van der Waals surface area contributed by atoms with Crippen LogP contribution in [0.15, 0.2) is 24.3 Å². The molecule has 1 saturated carbocycles. The maximum atomic E-state index is 13.3. The molecule has 1 spiro atoms. The molecule has 1 aliphatic carbocycles. The highest BCUT2D eigenvalue weighted by Gasteiger charge is 2.70. The van der Waals surface area contributed by atoms with E-state index in [9.17, 15) is 9.59 Å². The summed E-state index contributed by atoms with van der Waals surface area (Å²) in [6, 6.07) is 8.05. The molecule has 1 aromatic carbocycles. The topological polar surface area (TPSA) is 43.9 Å². The summed E-state index contributed by atoms with van der Waals surface area (Å²) in [7, 11) is 2.08. The summed E-state index contributed by atoms with van der Waals surface area (Å²) in [4.78, 5) is 32.4. The van der Waals surface area contributed by atoms with Gasteiger partial charge in [0.2, 0.25) is 11.8 Å². The Labute approximate surface area is 149 Å². The first-order chi connectivity index (χ1) is 11.9. The molecule has 2 amide bonds. The first-order valence-electron chi connectivity index (χ1n) is 9.34. The lowest BCUT2D eigenvalue weighted by atomic mass is 9.94. The Kier molecular flexibility index (Phi) is 3.87. The SMILES string of the molecule is CC(C)CN1C(=O)C2(CC2C(=O)N2CCN(C)CC2)c2ccccc21. The molecule has 3 aliphatic rings. The lowest BCUT2D eigenvalue weighted by molar-refractivity contribution is -0.136. The maximum absolute atomic E-state index is 13.3. The van der Waals surface area contributed by atoms with Gasteiger partial charge >= 0.3 is 0 Å². The normalized spacial score (nSPS) is 28.8. The third kappa shape index (κ3) is 2.48. The van der Waals surface area contributed by atoms with Crippen LogP contribution in [-0.4, -0.2) is 61.4 Å². The van der Waals surface area contributed by atoms with Crippen molar-refractivity contribution in [2.24, 2.45) is 11.8 Å². The highest BCUT2D eigenvalue weighted by atomic mass is 16.2. The zero-order chi connectivity index (χ0) is 17.8. The van der Waals surface area contributed by atoms with Crippen molar-refractivity contribution >= 4 is 17.5 Å². The van der Waals surface area contributed by atoms with E-state index in [1.54, 1.807) is 0 Å². The standard InChI is InChI=1S/C20H27N3O2/c1-14(2)13-23-17-7-5-4-6-15(17)20(19(23)25)12-16(20)18(24)22-10-8-21(3)9-11-22/h4-7,14,16H,8-13H2,1-3H3. The minimum atomic E-state index is -0.591. The molecule has 2 heterocycles. The highest BCUT2D eigenvalue weighted by molar-refractivity contribution is 6.14. The van der Waals surface area contributed by atoms with Crippen LogP contribution in [0.3, 0.4) is 0 Å². The zero-order valence-corrected chi connectivity index (χ0v) is 15.4. The predicted octanol–water partition coefficient (Wildman–Crippen LogP) is 1.72. The van der Waals surface area contributed by atoms with E-state index in [4.69, 9.17) is 0 Å². The summed E-state index contributed by atoms with van der Waals surface area (Å²) in [5, 5.41) is 0. The molecule has 0 N–H and O–H groups in total. The number of amides is 2. The maximum Gasteiger partial charge on any atom is 0.238 e. The minimum Gasteiger partial charge on any atom is -0.340 e. The number of carbonyl (C=O) groups excluding carboxylic acids is 2. The average Bonchev–Trinajstić information content (AvgIpc) is 3.31. The predicted molar refractivity (Wildman–Crippen MR) is 97.5 cm³/mol. The van der Waals surface area contributed by atoms with E-state index in [0.29, 0.717) is 18.9 Å². The van der Waals surface area contributed by atoms with Crippen LogP contribution < -0.4 is 4.90 Å². The number of carbonyl (C=O) groups is 2. The average molecular weight is 341 g/mol. The second-order valence-corrected chi connectivity index (χ2v) is 8.18. The van der Waals surface area contributed by atoms with Gasteiger partial charge in [0, 0.05) is 38.4 Å². The first kappa shape index (κ1) is 16.6. The monoisotopic (exact) mass is 341 g/mol. The van der Waals surface area contributed by atoms with Gasteiger partial charge in [-0.1, -0.05) is 32.0 Å². The molecule has 2 aliphatic heterocycles. The van der Waals surface area contributed by atoms with Crippen molar-refractivity contribution in [3.05, 3.63) is 29.8 Å². The summed E-state index contributed by atoms with van der Waals surface area (Å²) in [6.07, 6.45) is 0.669. The summed E-state index contributed by atoms with van der Waals surface area (Å²) in [5.41, 5.74) is 1.48. The van der Waals surface area contributed by atoms with Gasteiger partial charge in [0.25, 0.3) is 0 Å². The van der Waals surface area contributed by atoms with Crippen molar-refractivity contribution in [1.29, 1.82) is 0 Å². The van der Waals surface area contributed by atoms with E-state index in [0.717, 1.165) is 37.4 Å². The van der Waals surface area contributed by atoms with Crippen LogP contribution in [0.4, 0.5) is 5.69 Å². The van der Waals surface area contributed by atoms with Crippen molar-refractivity contribution in [2.45, 2.75) is 25.7 Å². The summed E-state index contributed by atoms with van der Waals surface area (Å²) < 4.78 is 0. The van der Waals surface area contributed by atoms with Crippen LogP contribution in [-0.2, 0) is 15.0 Å². The van der Waals surface area contributed by atoms with Gasteiger partial charge in [-0.2, -0.15) is 0 Å². The molecule has 2 unspecified atom stereocenters. The number of rotatable bonds is 3. The Morgan fingerprint density at radius 3 is 2.56 bits per heavy atom. The smallest absolute Gasteiger partial charge is 0.238 e. The zero-order valence-electron chi connectivity index (χ0n) is 15.4. The summed E-state index contributed by atoms with van der Waals surface area (Å²) in [5.74, 6) is 0.525. The van der Waals surface area contributed by atoms with Gasteiger partial charge in [-0.05, 0) is 31.0 Å². The molecule has 2 atom stereocenters. The Balaban J connectivity index is 1.60. The molecule has 134 valence electrons. The highest BCUT2D eigenvalue weighted by Crippen LogP contribution is 2.62. The van der Waals surface area contributed by atoms with Gasteiger partial charge in [0.15, 0.2) is 0 Å². The van der Waals surface area contributed by atoms with Crippen molar-refractivity contribution in [2.75, 3.05) is 44.7 Å². The van der Waals surface area contributed by atoms with Gasteiger partial charge in [-0.25, -0.2) is 0 Å². The number of anilines is 1. The second-order valence-electron chi connectivity index (χ2n) is 8.18. The molecule has 1 aromatic rings. The van der Waals surface area contributed by atoms with Crippen molar-refractivity contribution in [1.82, 2.24) is 9.80 Å². The number of fused-ring (bicyclic) bond motifs is 2. The molecule has 0 bridgehead atoms. The summed E-state index contributed by atoms with van der Waals surface area (Å²) in [6.45, 7) is 8.33. The molecule has 5 nitrogen and oxygen atoms in total. The third-order valence-electron chi connectivity index (χ3n) is 5.92. The van der Waals surface area contributed by atoms with E-state index < -0.39 is 5.41 Å². The van der Waals surface area contributed by atoms with E-state index in [-0.39, 0.29) is 17.7 Å². The summed E-state index contributed by atoms with van der Waals surface area (Å²) >= 11 is 0. The fraction of sp³-hybridized carbons (Fsp3) is 0.600.